The molecule has 2 amide bonds. The Kier molecular flexibility index (Phi) is 6.03. The first-order valence-electron chi connectivity index (χ1n) is 8.27. The fourth-order valence-electron chi connectivity index (χ4n) is 2.59. The molecule has 1 heterocycles. The Labute approximate surface area is 127 Å². The molecular formula is C16H28N2O3. The maximum Gasteiger partial charge on any atom is 0.245 e. The Morgan fingerprint density at radius 2 is 2.14 bits per heavy atom. The molecule has 1 saturated carbocycles. The molecule has 5 heteroatoms. The van der Waals surface area contributed by atoms with Gasteiger partial charge in [-0.15, -0.1) is 0 Å². The maximum absolute atomic E-state index is 12.5. The number of rotatable bonds is 8. The number of nitrogens with zero attached hydrogens (tertiary/aromatic N) is 1. The normalized spacial score (nSPS) is 24.7. The number of amides is 2. The third-order valence-corrected chi connectivity index (χ3v) is 4.48. The van der Waals surface area contributed by atoms with Crippen molar-refractivity contribution in [1.82, 2.24) is 10.2 Å². The summed E-state index contributed by atoms with van der Waals surface area (Å²) in [5, 5.41) is 2.87. The van der Waals surface area contributed by atoms with Gasteiger partial charge in [0.25, 0.3) is 0 Å². The lowest BCUT2D eigenvalue weighted by atomic mass is 9.98. The second kappa shape index (κ2) is 7.78. The van der Waals surface area contributed by atoms with Crippen LogP contribution in [0.15, 0.2) is 0 Å². The van der Waals surface area contributed by atoms with Crippen molar-refractivity contribution in [2.75, 3.05) is 26.3 Å². The van der Waals surface area contributed by atoms with Gasteiger partial charge in [-0.2, -0.15) is 0 Å². The molecular weight excluding hydrogens is 268 g/mol. The van der Waals surface area contributed by atoms with Gasteiger partial charge >= 0.3 is 0 Å². The molecule has 1 saturated heterocycles. The van der Waals surface area contributed by atoms with Crippen molar-refractivity contribution >= 4 is 11.8 Å². The van der Waals surface area contributed by atoms with E-state index in [4.69, 9.17) is 4.74 Å². The summed E-state index contributed by atoms with van der Waals surface area (Å²) < 4.78 is 5.61. The Balaban J connectivity index is 1.78. The van der Waals surface area contributed by atoms with Gasteiger partial charge in [0.15, 0.2) is 0 Å². The molecule has 2 atom stereocenters. The Hall–Kier alpha value is -1.10. The second-order valence-electron chi connectivity index (χ2n) is 6.38. The highest BCUT2D eigenvalue weighted by molar-refractivity contribution is 5.90. The van der Waals surface area contributed by atoms with E-state index in [1.54, 1.807) is 0 Å². The molecule has 0 aromatic rings. The van der Waals surface area contributed by atoms with Crippen LogP contribution in [0.5, 0.6) is 0 Å². The van der Waals surface area contributed by atoms with E-state index < -0.39 is 0 Å². The highest BCUT2D eigenvalue weighted by Gasteiger charge is 2.32. The first-order chi connectivity index (χ1) is 10.1. The fourth-order valence-corrected chi connectivity index (χ4v) is 2.59. The van der Waals surface area contributed by atoms with Crippen molar-refractivity contribution in [3.05, 3.63) is 0 Å². The predicted molar refractivity (Wildman–Crippen MR) is 80.7 cm³/mol. The topological polar surface area (TPSA) is 58.6 Å². The lowest BCUT2D eigenvalue weighted by molar-refractivity contribution is -0.135. The van der Waals surface area contributed by atoms with Crippen LogP contribution >= 0.6 is 0 Å². The minimum absolute atomic E-state index is 0.0128. The second-order valence-corrected chi connectivity index (χ2v) is 6.38. The average Bonchev–Trinajstić information content (AvgIpc) is 3.30. The lowest BCUT2D eigenvalue weighted by Crippen LogP contribution is -2.48. The highest BCUT2D eigenvalue weighted by Crippen LogP contribution is 2.28. The van der Waals surface area contributed by atoms with E-state index in [1.165, 1.54) is 12.8 Å². The third-order valence-electron chi connectivity index (χ3n) is 4.48. The smallest absolute Gasteiger partial charge is 0.245 e. The molecule has 2 aliphatic rings. The van der Waals surface area contributed by atoms with E-state index in [2.05, 4.69) is 5.32 Å². The van der Waals surface area contributed by atoms with Gasteiger partial charge in [0.05, 0.1) is 0 Å². The molecule has 21 heavy (non-hydrogen) atoms. The molecule has 2 rings (SSSR count). The SMILES string of the molecule is CCC(C)C1NC(=O)CCN(CCCOCC2CC2)C1=O. The van der Waals surface area contributed by atoms with Gasteiger partial charge in [-0.3, -0.25) is 9.59 Å². The van der Waals surface area contributed by atoms with Crippen LogP contribution in [-0.4, -0.2) is 49.1 Å². The number of carbonyl (C=O) groups is 2. The Bertz CT molecular complexity index is 369. The van der Waals surface area contributed by atoms with E-state index in [0.29, 0.717) is 26.1 Å². The molecule has 2 unspecified atom stereocenters. The van der Waals surface area contributed by atoms with Crippen LogP contribution in [0, 0.1) is 11.8 Å². The van der Waals surface area contributed by atoms with Gasteiger partial charge in [0, 0.05) is 32.7 Å². The monoisotopic (exact) mass is 296 g/mol. The summed E-state index contributed by atoms with van der Waals surface area (Å²) in [5.74, 6) is 1.01. The lowest BCUT2D eigenvalue weighted by Gasteiger charge is -2.27. The van der Waals surface area contributed by atoms with Gasteiger partial charge in [-0.1, -0.05) is 20.3 Å². The Morgan fingerprint density at radius 3 is 2.81 bits per heavy atom. The van der Waals surface area contributed by atoms with Gasteiger partial charge in [-0.25, -0.2) is 0 Å². The molecule has 1 N–H and O–H groups in total. The van der Waals surface area contributed by atoms with E-state index >= 15 is 0 Å². The van der Waals surface area contributed by atoms with E-state index in [9.17, 15) is 9.59 Å². The zero-order valence-electron chi connectivity index (χ0n) is 13.3. The molecule has 0 radical (unpaired) electrons. The van der Waals surface area contributed by atoms with Crippen LogP contribution in [-0.2, 0) is 14.3 Å². The van der Waals surface area contributed by atoms with Crippen molar-refractivity contribution in [2.45, 2.75) is 52.0 Å². The summed E-state index contributed by atoms with van der Waals surface area (Å²) in [6.45, 7) is 6.85. The molecule has 0 spiro atoms. The molecule has 120 valence electrons. The minimum Gasteiger partial charge on any atom is -0.381 e. The van der Waals surface area contributed by atoms with E-state index in [-0.39, 0.29) is 23.8 Å². The van der Waals surface area contributed by atoms with E-state index in [0.717, 1.165) is 25.4 Å². The molecule has 2 fully saturated rings. The van der Waals surface area contributed by atoms with Crippen LogP contribution < -0.4 is 5.32 Å². The maximum atomic E-state index is 12.5. The van der Waals surface area contributed by atoms with Crippen molar-refractivity contribution in [1.29, 1.82) is 0 Å². The standard InChI is InChI=1S/C16H28N2O3/c1-3-12(2)15-16(20)18(9-7-14(19)17-15)8-4-10-21-11-13-5-6-13/h12-13,15H,3-11H2,1-2H3,(H,17,19). The average molecular weight is 296 g/mol. The van der Waals surface area contributed by atoms with Crippen LogP contribution in [0.3, 0.4) is 0 Å². The molecule has 0 aromatic heterocycles. The molecule has 0 aromatic carbocycles. The summed E-state index contributed by atoms with van der Waals surface area (Å²) in [6, 6.07) is -0.364. The number of hydrogen-bond acceptors (Lipinski definition) is 3. The van der Waals surface area contributed by atoms with Crippen molar-refractivity contribution in [2.24, 2.45) is 11.8 Å². The van der Waals surface area contributed by atoms with Crippen molar-refractivity contribution in [3.8, 4) is 0 Å². The van der Waals surface area contributed by atoms with Gasteiger partial charge in [0.1, 0.15) is 6.04 Å². The largest absolute Gasteiger partial charge is 0.381 e. The minimum atomic E-state index is -0.364. The van der Waals surface area contributed by atoms with Crippen LogP contribution in [0.4, 0.5) is 0 Å². The first-order valence-corrected chi connectivity index (χ1v) is 8.27. The fraction of sp³-hybridized carbons (Fsp3) is 0.875. The molecule has 5 nitrogen and oxygen atoms in total. The molecule has 1 aliphatic heterocycles. The summed E-state index contributed by atoms with van der Waals surface area (Å²) in [6.07, 6.45) is 4.74. The van der Waals surface area contributed by atoms with Crippen LogP contribution in [0.2, 0.25) is 0 Å². The third kappa shape index (κ3) is 4.99. The summed E-state index contributed by atoms with van der Waals surface area (Å²) in [4.78, 5) is 26.1. The number of ether oxygens (including phenoxy) is 1. The van der Waals surface area contributed by atoms with Gasteiger partial charge in [-0.05, 0) is 31.1 Å². The zero-order chi connectivity index (χ0) is 15.2. The van der Waals surface area contributed by atoms with Crippen LogP contribution in [0.25, 0.3) is 0 Å². The number of nitrogens with one attached hydrogen (secondary N) is 1. The summed E-state index contributed by atoms with van der Waals surface area (Å²) in [5.41, 5.74) is 0. The number of hydrogen-bond donors (Lipinski definition) is 1. The van der Waals surface area contributed by atoms with Gasteiger partial charge < -0.3 is 15.0 Å². The van der Waals surface area contributed by atoms with Crippen LogP contribution in [0.1, 0.15) is 46.0 Å². The highest BCUT2D eigenvalue weighted by atomic mass is 16.5. The summed E-state index contributed by atoms with van der Waals surface area (Å²) in [7, 11) is 0. The Morgan fingerprint density at radius 1 is 1.38 bits per heavy atom. The summed E-state index contributed by atoms with van der Waals surface area (Å²) >= 11 is 0. The molecule has 1 aliphatic carbocycles. The first kappa shape index (κ1) is 16.3. The van der Waals surface area contributed by atoms with Crippen molar-refractivity contribution < 1.29 is 14.3 Å². The van der Waals surface area contributed by atoms with Crippen molar-refractivity contribution in [3.63, 3.8) is 0 Å². The predicted octanol–water partition coefficient (Wildman–Crippen LogP) is 1.57. The van der Waals surface area contributed by atoms with E-state index in [1.807, 2.05) is 18.7 Å². The molecule has 0 bridgehead atoms. The zero-order valence-corrected chi connectivity index (χ0v) is 13.3. The quantitative estimate of drug-likeness (QED) is 0.692. The van der Waals surface area contributed by atoms with Gasteiger partial charge in [0.2, 0.25) is 11.8 Å². The number of carbonyl (C=O) groups excluding carboxylic acids is 2.